The minimum atomic E-state index is -0.458. The molecule has 0 unspecified atom stereocenters. The molecule has 0 aromatic heterocycles. The quantitative estimate of drug-likeness (QED) is 0.363. The lowest BCUT2D eigenvalue weighted by Crippen LogP contribution is -2.12. The van der Waals surface area contributed by atoms with Gasteiger partial charge in [0.25, 0.3) is 5.69 Å². The lowest BCUT2D eigenvalue weighted by Gasteiger charge is -2.07. The molecule has 18 heavy (non-hydrogen) atoms. The molecule has 0 atom stereocenters. The summed E-state index contributed by atoms with van der Waals surface area (Å²) in [5.74, 6) is -0.0968. The van der Waals surface area contributed by atoms with E-state index in [0.29, 0.717) is 24.0 Å². The summed E-state index contributed by atoms with van der Waals surface area (Å²) in [6, 6.07) is 4.37. The number of hydrogen-bond acceptors (Lipinski definition) is 3. The minimum absolute atomic E-state index is 0.0219. The topological polar surface area (TPSA) is 72.2 Å². The second-order valence-electron chi connectivity index (χ2n) is 4.05. The highest BCUT2D eigenvalue weighted by Gasteiger charge is 2.09. The van der Waals surface area contributed by atoms with Gasteiger partial charge in [0.05, 0.1) is 12.8 Å². The van der Waals surface area contributed by atoms with Crippen LogP contribution in [0.5, 0.6) is 0 Å². The van der Waals surface area contributed by atoms with Crippen LogP contribution in [0.2, 0.25) is 6.32 Å². The Labute approximate surface area is 107 Å². The van der Waals surface area contributed by atoms with Crippen molar-refractivity contribution in [2.24, 2.45) is 0 Å². The minimum Gasteiger partial charge on any atom is -0.326 e. The highest BCUT2D eigenvalue weighted by atomic mass is 16.6. The van der Waals surface area contributed by atoms with Crippen LogP contribution >= 0.6 is 0 Å². The summed E-state index contributed by atoms with van der Waals surface area (Å²) < 4.78 is 0. The van der Waals surface area contributed by atoms with Crippen LogP contribution < -0.4 is 5.32 Å². The maximum atomic E-state index is 11.6. The van der Waals surface area contributed by atoms with E-state index >= 15 is 0 Å². The van der Waals surface area contributed by atoms with E-state index in [4.69, 9.17) is 7.85 Å². The summed E-state index contributed by atoms with van der Waals surface area (Å²) in [4.78, 5) is 21.7. The Morgan fingerprint density at radius 3 is 2.72 bits per heavy atom. The molecule has 0 saturated carbocycles. The molecular formula is C12H15BN2O3. The molecular weight excluding hydrogens is 231 g/mol. The SMILES string of the molecule is [B]CCCCC(=O)Nc1ccc([N+](=O)[O-])cc1C. The predicted molar refractivity (Wildman–Crippen MR) is 70.9 cm³/mol. The van der Waals surface area contributed by atoms with Gasteiger partial charge in [-0.2, -0.15) is 0 Å². The third-order valence-electron chi connectivity index (χ3n) is 2.55. The van der Waals surface area contributed by atoms with Crippen molar-refractivity contribution in [3.63, 3.8) is 0 Å². The van der Waals surface area contributed by atoms with Crippen LogP contribution in [0.1, 0.15) is 24.8 Å². The molecule has 0 aliphatic heterocycles. The number of aryl methyl sites for hydroxylation is 1. The van der Waals surface area contributed by atoms with Crippen LogP contribution in [0.15, 0.2) is 18.2 Å². The molecule has 0 fully saturated rings. The Bertz CT molecular complexity index is 449. The first-order chi connectivity index (χ1) is 8.54. The molecule has 1 amide bonds. The van der Waals surface area contributed by atoms with Crippen LogP contribution in [0.25, 0.3) is 0 Å². The largest absolute Gasteiger partial charge is 0.326 e. The second-order valence-corrected chi connectivity index (χ2v) is 4.05. The molecule has 0 aliphatic carbocycles. The number of non-ortho nitro benzene ring substituents is 1. The molecule has 5 nitrogen and oxygen atoms in total. The highest BCUT2D eigenvalue weighted by Crippen LogP contribution is 2.21. The van der Waals surface area contributed by atoms with Gasteiger partial charge in [0, 0.05) is 24.2 Å². The van der Waals surface area contributed by atoms with Gasteiger partial charge in [-0.3, -0.25) is 14.9 Å². The predicted octanol–water partition coefficient (Wildman–Crippen LogP) is 2.60. The van der Waals surface area contributed by atoms with Gasteiger partial charge in [-0.15, -0.1) is 0 Å². The fourth-order valence-corrected chi connectivity index (χ4v) is 1.54. The molecule has 1 aromatic rings. The van der Waals surface area contributed by atoms with Crippen LogP contribution in [0.3, 0.4) is 0 Å². The highest BCUT2D eigenvalue weighted by molar-refractivity contribution is 6.08. The van der Waals surface area contributed by atoms with Crippen molar-refractivity contribution in [1.82, 2.24) is 0 Å². The zero-order chi connectivity index (χ0) is 13.5. The number of nitro groups is 1. The number of benzene rings is 1. The van der Waals surface area contributed by atoms with Crippen molar-refractivity contribution >= 4 is 25.1 Å². The molecule has 0 spiro atoms. The van der Waals surface area contributed by atoms with Gasteiger partial charge in [-0.1, -0.05) is 12.7 Å². The normalized spacial score (nSPS) is 10.1. The average molecular weight is 246 g/mol. The molecule has 0 bridgehead atoms. The number of hydrogen-bond donors (Lipinski definition) is 1. The van der Waals surface area contributed by atoms with Gasteiger partial charge in [0.2, 0.25) is 5.91 Å². The lowest BCUT2D eigenvalue weighted by molar-refractivity contribution is -0.384. The molecule has 1 rings (SSSR count). The van der Waals surface area contributed by atoms with Crippen molar-refractivity contribution in [2.45, 2.75) is 32.5 Å². The van der Waals surface area contributed by atoms with E-state index in [1.54, 1.807) is 13.0 Å². The van der Waals surface area contributed by atoms with Gasteiger partial charge in [-0.25, -0.2) is 0 Å². The van der Waals surface area contributed by atoms with Crippen molar-refractivity contribution in [2.75, 3.05) is 5.32 Å². The van der Waals surface area contributed by atoms with Crippen molar-refractivity contribution in [3.8, 4) is 0 Å². The van der Waals surface area contributed by atoms with E-state index in [0.717, 1.165) is 12.8 Å². The first-order valence-electron chi connectivity index (χ1n) is 5.79. The van der Waals surface area contributed by atoms with Crippen molar-refractivity contribution in [1.29, 1.82) is 0 Å². The number of unbranched alkanes of at least 4 members (excludes halogenated alkanes) is 1. The first-order valence-corrected chi connectivity index (χ1v) is 5.79. The number of carbonyl (C=O) groups excluding carboxylic acids is 1. The number of amides is 1. The third-order valence-corrected chi connectivity index (χ3v) is 2.55. The Hall–Kier alpha value is -1.85. The smallest absolute Gasteiger partial charge is 0.269 e. The van der Waals surface area contributed by atoms with E-state index in [1.807, 2.05) is 0 Å². The van der Waals surface area contributed by atoms with E-state index in [-0.39, 0.29) is 11.6 Å². The Kier molecular flexibility index (Phi) is 5.36. The summed E-state index contributed by atoms with van der Waals surface area (Å²) in [5.41, 5.74) is 1.31. The number of rotatable bonds is 6. The molecule has 1 aromatic carbocycles. The van der Waals surface area contributed by atoms with E-state index in [2.05, 4.69) is 5.32 Å². The summed E-state index contributed by atoms with van der Waals surface area (Å²) in [6.07, 6.45) is 2.54. The van der Waals surface area contributed by atoms with Gasteiger partial charge >= 0.3 is 0 Å². The summed E-state index contributed by atoms with van der Waals surface area (Å²) in [6.45, 7) is 1.72. The summed E-state index contributed by atoms with van der Waals surface area (Å²) in [5, 5.41) is 13.3. The van der Waals surface area contributed by atoms with Crippen LogP contribution in [-0.4, -0.2) is 18.7 Å². The molecule has 0 aliphatic rings. The molecule has 0 heterocycles. The Morgan fingerprint density at radius 1 is 1.44 bits per heavy atom. The lowest BCUT2D eigenvalue weighted by atomic mass is 9.99. The monoisotopic (exact) mass is 246 g/mol. The van der Waals surface area contributed by atoms with Gasteiger partial charge in [0.15, 0.2) is 0 Å². The number of carbonyl (C=O) groups is 1. The van der Waals surface area contributed by atoms with Crippen molar-refractivity contribution < 1.29 is 9.72 Å². The van der Waals surface area contributed by atoms with Crippen molar-refractivity contribution in [3.05, 3.63) is 33.9 Å². The molecule has 2 radical (unpaired) electrons. The number of nitro benzene ring substituents is 1. The zero-order valence-electron chi connectivity index (χ0n) is 10.3. The number of nitrogens with zero attached hydrogens (tertiary/aromatic N) is 1. The summed E-state index contributed by atoms with van der Waals surface area (Å²) in [7, 11) is 5.34. The van der Waals surface area contributed by atoms with Crippen LogP contribution in [-0.2, 0) is 4.79 Å². The summed E-state index contributed by atoms with van der Waals surface area (Å²) >= 11 is 0. The Morgan fingerprint density at radius 2 is 2.17 bits per heavy atom. The van der Waals surface area contributed by atoms with Gasteiger partial charge in [-0.05, 0) is 25.0 Å². The number of nitrogens with one attached hydrogen (secondary N) is 1. The second kappa shape index (κ2) is 6.78. The van der Waals surface area contributed by atoms with Crippen LogP contribution in [0, 0.1) is 17.0 Å². The van der Waals surface area contributed by atoms with E-state index in [1.165, 1.54) is 12.1 Å². The molecule has 1 N–H and O–H groups in total. The van der Waals surface area contributed by atoms with Gasteiger partial charge in [0.1, 0.15) is 0 Å². The molecule has 6 heteroatoms. The van der Waals surface area contributed by atoms with E-state index < -0.39 is 4.92 Å². The van der Waals surface area contributed by atoms with E-state index in [9.17, 15) is 14.9 Å². The first kappa shape index (κ1) is 14.2. The standard InChI is InChI=1S/C12H15BN2O3/c1-9-8-10(15(17)18)5-6-11(9)14-12(16)4-2-3-7-13/h5-6,8H,2-4,7H2,1H3,(H,14,16). The maximum Gasteiger partial charge on any atom is 0.269 e. The average Bonchev–Trinajstić information content (AvgIpc) is 2.32. The molecule has 0 saturated heterocycles. The third kappa shape index (κ3) is 4.20. The molecule has 94 valence electrons. The maximum absolute atomic E-state index is 11.6. The fraction of sp³-hybridized carbons (Fsp3) is 0.417. The number of anilines is 1. The zero-order valence-corrected chi connectivity index (χ0v) is 10.3. The van der Waals surface area contributed by atoms with Gasteiger partial charge < -0.3 is 5.32 Å². The Balaban J connectivity index is 2.62. The van der Waals surface area contributed by atoms with Crippen LogP contribution in [0.4, 0.5) is 11.4 Å². The fourth-order valence-electron chi connectivity index (χ4n) is 1.54.